The molecule has 0 aliphatic heterocycles. The van der Waals surface area contributed by atoms with Gasteiger partial charge in [-0.3, -0.25) is 4.79 Å². The zero-order valence-corrected chi connectivity index (χ0v) is 10.1. The van der Waals surface area contributed by atoms with Crippen LogP contribution in [-0.2, 0) is 4.79 Å². The van der Waals surface area contributed by atoms with Gasteiger partial charge in [-0.1, -0.05) is 13.8 Å². The van der Waals surface area contributed by atoms with Gasteiger partial charge in [0, 0.05) is 4.88 Å². The fraction of sp³-hybridized carbons (Fsp3) is 0.500. The Morgan fingerprint density at radius 3 is 2.36 bits per heavy atom. The number of carbonyl (C=O) groups is 1. The van der Waals surface area contributed by atoms with Crippen LogP contribution in [0.1, 0.15) is 30.2 Å². The molecule has 0 radical (unpaired) electrons. The zero-order valence-electron chi connectivity index (χ0n) is 8.48. The Morgan fingerprint density at radius 1 is 1.50 bits per heavy atom. The maximum absolute atomic E-state index is 11.0. The molecule has 1 N–H and O–H groups in total. The van der Waals surface area contributed by atoms with Crippen LogP contribution in [0.4, 0.5) is 0 Å². The summed E-state index contributed by atoms with van der Waals surface area (Å²) in [5, 5.41) is 11.0. The Balaban J connectivity index is 0.00000169. The monoisotopic (exact) mass is 234 g/mol. The summed E-state index contributed by atoms with van der Waals surface area (Å²) in [4.78, 5) is 12.0. The molecule has 14 heavy (non-hydrogen) atoms. The molecule has 2 nitrogen and oxygen atoms in total. The number of halogens is 1. The molecule has 0 saturated heterocycles. The molecule has 0 aliphatic rings. The van der Waals surface area contributed by atoms with E-state index >= 15 is 0 Å². The third-order valence-electron chi connectivity index (χ3n) is 2.12. The van der Waals surface area contributed by atoms with Crippen LogP contribution in [0.15, 0.2) is 11.4 Å². The number of carboxylic acids is 1. The minimum atomic E-state index is -0.722. The fourth-order valence-electron chi connectivity index (χ4n) is 1.40. The highest BCUT2D eigenvalue weighted by Crippen LogP contribution is 2.31. The normalized spacial score (nSPS) is 12.3. The van der Waals surface area contributed by atoms with E-state index in [1.807, 2.05) is 32.2 Å². The lowest BCUT2D eigenvalue weighted by atomic mass is 9.93. The van der Waals surface area contributed by atoms with Gasteiger partial charge < -0.3 is 5.11 Å². The van der Waals surface area contributed by atoms with Gasteiger partial charge in [0.15, 0.2) is 0 Å². The first-order valence-electron chi connectivity index (χ1n) is 4.30. The highest BCUT2D eigenvalue weighted by Gasteiger charge is 2.25. The Kier molecular flexibility index (Phi) is 5.16. The summed E-state index contributed by atoms with van der Waals surface area (Å²) in [6.45, 7) is 5.85. The summed E-state index contributed by atoms with van der Waals surface area (Å²) in [6.07, 6.45) is 0. The van der Waals surface area contributed by atoms with Crippen molar-refractivity contribution in [2.45, 2.75) is 26.7 Å². The Bertz CT molecular complexity index is 307. The van der Waals surface area contributed by atoms with Gasteiger partial charge in [0.25, 0.3) is 0 Å². The van der Waals surface area contributed by atoms with Crippen LogP contribution in [0.25, 0.3) is 0 Å². The van der Waals surface area contributed by atoms with E-state index in [4.69, 9.17) is 5.11 Å². The van der Waals surface area contributed by atoms with Crippen molar-refractivity contribution in [1.82, 2.24) is 0 Å². The Hall–Kier alpha value is -0.540. The smallest absolute Gasteiger partial charge is 0.312 e. The number of aryl methyl sites for hydroxylation is 1. The Morgan fingerprint density at radius 2 is 2.07 bits per heavy atom. The maximum Gasteiger partial charge on any atom is 0.312 e. The van der Waals surface area contributed by atoms with Gasteiger partial charge in [-0.2, -0.15) is 0 Å². The van der Waals surface area contributed by atoms with Gasteiger partial charge in [-0.05, 0) is 29.9 Å². The molecule has 0 amide bonds. The van der Waals surface area contributed by atoms with Gasteiger partial charge in [-0.15, -0.1) is 23.7 Å². The summed E-state index contributed by atoms with van der Waals surface area (Å²) >= 11 is 1.53. The third-order valence-corrected chi connectivity index (χ3v) is 3.22. The molecule has 0 bridgehead atoms. The zero-order chi connectivity index (χ0) is 10.0. The maximum atomic E-state index is 11.0. The van der Waals surface area contributed by atoms with Crippen LogP contribution < -0.4 is 0 Å². The topological polar surface area (TPSA) is 37.3 Å². The number of aliphatic carboxylic acids is 1. The van der Waals surface area contributed by atoms with E-state index in [1.54, 1.807) is 0 Å². The minimum Gasteiger partial charge on any atom is -0.481 e. The first-order chi connectivity index (χ1) is 6.04. The number of carboxylic acid groups (broad SMARTS) is 1. The SMILES string of the molecule is Cc1ccsc1C(C(=O)O)C(C)C.Cl. The second-order valence-electron chi connectivity index (χ2n) is 3.53. The van der Waals surface area contributed by atoms with Crippen LogP contribution in [-0.4, -0.2) is 11.1 Å². The lowest BCUT2D eigenvalue weighted by molar-refractivity contribution is -0.139. The first-order valence-corrected chi connectivity index (χ1v) is 5.18. The summed E-state index contributed by atoms with van der Waals surface area (Å²) in [5.74, 6) is -0.921. The number of rotatable bonds is 3. The van der Waals surface area contributed by atoms with Crippen LogP contribution in [0, 0.1) is 12.8 Å². The van der Waals surface area contributed by atoms with E-state index in [0.717, 1.165) is 10.4 Å². The predicted molar refractivity (Wildman–Crippen MR) is 61.5 cm³/mol. The van der Waals surface area contributed by atoms with E-state index in [0.29, 0.717) is 0 Å². The molecule has 1 atom stereocenters. The summed E-state index contributed by atoms with van der Waals surface area (Å²) in [6, 6.07) is 1.97. The molecular formula is C10H15ClO2S. The van der Waals surface area contributed by atoms with Crippen molar-refractivity contribution in [3.63, 3.8) is 0 Å². The van der Waals surface area contributed by atoms with Gasteiger partial charge in [0.1, 0.15) is 0 Å². The fourth-order valence-corrected chi connectivity index (χ4v) is 2.60. The lowest BCUT2D eigenvalue weighted by Gasteiger charge is -2.15. The van der Waals surface area contributed by atoms with Crippen LogP contribution in [0.3, 0.4) is 0 Å². The molecule has 80 valence electrons. The molecule has 1 aromatic rings. The standard InChI is InChI=1S/C10H14O2S.ClH/c1-6(2)8(10(11)12)9-7(3)4-5-13-9;/h4-6,8H,1-3H3,(H,11,12);1H. The molecule has 1 rings (SSSR count). The second kappa shape index (κ2) is 5.37. The van der Waals surface area contributed by atoms with Gasteiger partial charge in [0.05, 0.1) is 5.92 Å². The molecular weight excluding hydrogens is 220 g/mol. The van der Waals surface area contributed by atoms with Crippen molar-refractivity contribution in [2.24, 2.45) is 5.92 Å². The number of thiophene rings is 1. The molecule has 0 aromatic carbocycles. The highest BCUT2D eigenvalue weighted by molar-refractivity contribution is 7.10. The van der Waals surface area contributed by atoms with E-state index in [2.05, 4.69) is 0 Å². The number of hydrogen-bond donors (Lipinski definition) is 1. The van der Waals surface area contributed by atoms with Crippen molar-refractivity contribution in [3.05, 3.63) is 21.9 Å². The quantitative estimate of drug-likeness (QED) is 0.872. The average molecular weight is 235 g/mol. The van der Waals surface area contributed by atoms with Crippen molar-refractivity contribution < 1.29 is 9.90 Å². The van der Waals surface area contributed by atoms with E-state index in [-0.39, 0.29) is 24.2 Å². The van der Waals surface area contributed by atoms with Crippen molar-refractivity contribution >= 4 is 29.7 Å². The molecule has 1 unspecified atom stereocenters. The Labute approximate surface area is 94.4 Å². The molecule has 4 heteroatoms. The first kappa shape index (κ1) is 13.5. The van der Waals surface area contributed by atoms with Gasteiger partial charge >= 0.3 is 5.97 Å². The van der Waals surface area contributed by atoms with E-state index < -0.39 is 5.97 Å². The lowest BCUT2D eigenvalue weighted by Crippen LogP contribution is -2.16. The van der Waals surface area contributed by atoms with Crippen molar-refractivity contribution in [3.8, 4) is 0 Å². The largest absolute Gasteiger partial charge is 0.481 e. The number of hydrogen-bond acceptors (Lipinski definition) is 2. The third kappa shape index (κ3) is 2.72. The van der Waals surface area contributed by atoms with Crippen LogP contribution in [0.2, 0.25) is 0 Å². The molecule has 0 aliphatic carbocycles. The van der Waals surface area contributed by atoms with Crippen molar-refractivity contribution in [1.29, 1.82) is 0 Å². The minimum absolute atomic E-state index is 0. The molecule has 1 heterocycles. The van der Waals surface area contributed by atoms with Crippen LogP contribution >= 0.6 is 23.7 Å². The van der Waals surface area contributed by atoms with Gasteiger partial charge in [0.2, 0.25) is 0 Å². The average Bonchev–Trinajstić information content (AvgIpc) is 2.35. The highest BCUT2D eigenvalue weighted by atomic mass is 35.5. The summed E-state index contributed by atoms with van der Waals surface area (Å²) in [7, 11) is 0. The molecule has 1 aromatic heterocycles. The molecule has 0 fully saturated rings. The van der Waals surface area contributed by atoms with E-state index in [1.165, 1.54) is 11.3 Å². The predicted octanol–water partition coefficient (Wildman–Crippen LogP) is 3.30. The summed E-state index contributed by atoms with van der Waals surface area (Å²) in [5.41, 5.74) is 1.09. The van der Waals surface area contributed by atoms with Crippen LogP contribution in [0.5, 0.6) is 0 Å². The summed E-state index contributed by atoms with van der Waals surface area (Å²) < 4.78 is 0. The van der Waals surface area contributed by atoms with E-state index in [9.17, 15) is 4.79 Å². The molecule has 0 saturated carbocycles. The van der Waals surface area contributed by atoms with Gasteiger partial charge in [-0.25, -0.2) is 0 Å². The van der Waals surface area contributed by atoms with Crippen molar-refractivity contribution in [2.75, 3.05) is 0 Å². The molecule has 0 spiro atoms. The second-order valence-corrected chi connectivity index (χ2v) is 4.48.